The van der Waals surface area contributed by atoms with E-state index in [9.17, 15) is 0 Å². The van der Waals surface area contributed by atoms with Crippen LogP contribution in [0.15, 0.2) is 114 Å². The summed E-state index contributed by atoms with van der Waals surface area (Å²) in [6, 6.07) is 38.8. The average Bonchev–Trinajstić information content (AvgIpc) is 3.18. The van der Waals surface area contributed by atoms with Gasteiger partial charge in [-0.1, -0.05) is 0 Å². The van der Waals surface area contributed by atoms with E-state index in [-0.39, 0.29) is 15.0 Å². The Kier molecular flexibility index (Phi) is 4.19. The first-order valence-electron chi connectivity index (χ1n) is 10.0. The van der Waals surface area contributed by atoms with Crippen LogP contribution >= 0.6 is 0 Å². The van der Waals surface area contributed by atoms with Crippen LogP contribution in [0.2, 0.25) is 0 Å². The zero-order valence-corrected chi connectivity index (χ0v) is 17.9. The molecule has 0 saturated carbocycles. The molecule has 0 N–H and O–H groups in total. The van der Waals surface area contributed by atoms with E-state index < -0.39 is 0 Å². The molecule has 6 rings (SSSR count). The molecule has 30 heavy (non-hydrogen) atoms. The number of benzene rings is 5. The van der Waals surface area contributed by atoms with Gasteiger partial charge in [0.25, 0.3) is 0 Å². The molecule has 0 radical (unpaired) electrons. The third kappa shape index (κ3) is 2.93. The molecule has 0 aliphatic carbocycles. The molecule has 0 bridgehead atoms. The zero-order chi connectivity index (χ0) is 19.9. The number of hydrogen-bond donors (Lipinski definition) is 0. The van der Waals surface area contributed by atoms with Crippen molar-refractivity contribution in [2.24, 2.45) is 0 Å². The van der Waals surface area contributed by atoms with Crippen LogP contribution in [0.5, 0.6) is 0 Å². The summed E-state index contributed by atoms with van der Waals surface area (Å²) < 4.78 is 8.90. The minimum absolute atomic E-state index is 0.0857. The SMILES string of the molecule is c1ccc([Se]c2oc3ccc4ccccc4c3c2-c2ccc3ccccc3c2)cc1. The van der Waals surface area contributed by atoms with Gasteiger partial charge in [-0.15, -0.1) is 0 Å². The number of fused-ring (bicyclic) bond motifs is 4. The quantitative estimate of drug-likeness (QED) is 0.299. The standard InChI is InChI=1S/C28H18OSe/c1-2-11-23(12-3-1)30-28-26(22-15-14-19-8-4-5-10-21(19)18-22)27-24-13-7-6-9-20(24)16-17-25(27)29-28/h1-18H. The summed E-state index contributed by atoms with van der Waals surface area (Å²) in [6.45, 7) is 0. The molecular formula is C28H18OSe. The maximum atomic E-state index is 6.51. The van der Waals surface area contributed by atoms with Crippen LogP contribution < -0.4 is 9.12 Å². The van der Waals surface area contributed by atoms with Crippen LogP contribution in [-0.4, -0.2) is 15.0 Å². The Balaban J connectivity index is 1.67. The molecule has 0 atom stereocenters. The summed E-state index contributed by atoms with van der Waals surface area (Å²) in [5, 5.41) is 6.22. The predicted octanol–water partition coefficient (Wildman–Crippen LogP) is 6.06. The Morgan fingerprint density at radius 1 is 0.567 bits per heavy atom. The molecule has 2 heteroatoms. The van der Waals surface area contributed by atoms with Crippen LogP contribution in [0.25, 0.3) is 43.6 Å². The molecule has 0 unspecified atom stereocenters. The van der Waals surface area contributed by atoms with Crippen molar-refractivity contribution < 1.29 is 4.42 Å². The molecule has 0 fully saturated rings. The molecule has 1 heterocycles. The van der Waals surface area contributed by atoms with Crippen LogP contribution in [0.1, 0.15) is 0 Å². The predicted molar refractivity (Wildman–Crippen MR) is 128 cm³/mol. The van der Waals surface area contributed by atoms with Gasteiger partial charge in [0, 0.05) is 0 Å². The number of rotatable bonds is 3. The fraction of sp³-hybridized carbons (Fsp3) is 0. The van der Waals surface area contributed by atoms with Gasteiger partial charge < -0.3 is 0 Å². The second-order valence-corrected chi connectivity index (χ2v) is 9.60. The Morgan fingerprint density at radius 2 is 1.27 bits per heavy atom. The Hall–Kier alpha value is -3.32. The van der Waals surface area contributed by atoms with E-state index in [2.05, 4.69) is 109 Å². The van der Waals surface area contributed by atoms with Crippen molar-refractivity contribution in [2.75, 3.05) is 0 Å². The van der Waals surface area contributed by atoms with Crippen LogP contribution in [0.3, 0.4) is 0 Å². The average molecular weight is 449 g/mol. The molecule has 142 valence electrons. The molecule has 6 aromatic rings. The van der Waals surface area contributed by atoms with Crippen LogP contribution in [0, 0.1) is 0 Å². The van der Waals surface area contributed by atoms with Crippen molar-refractivity contribution in [2.45, 2.75) is 0 Å². The third-order valence-electron chi connectivity index (χ3n) is 5.54. The molecule has 0 aliphatic rings. The fourth-order valence-corrected chi connectivity index (χ4v) is 6.14. The Bertz CT molecular complexity index is 1510. The topological polar surface area (TPSA) is 13.1 Å². The zero-order valence-electron chi connectivity index (χ0n) is 16.2. The molecule has 5 aromatic carbocycles. The Morgan fingerprint density at radius 3 is 2.13 bits per heavy atom. The molecule has 0 spiro atoms. The van der Waals surface area contributed by atoms with Crippen molar-refractivity contribution in [3.63, 3.8) is 0 Å². The molecule has 0 aliphatic heterocycles. The molecule has 1 nitrogen and oxygen atoms in total. The number of hydrogen-bond acceptors (Lipinski definition) is 1. The Labute approximate surface area is 181 Å². The molecule has 1 aromatic heterocycles. The van der Waals surface area contributed by atoms with E-state index in [0.29, 0.717) is 0 Å². The van der Waals surface area contributed by atoms with E-state index in [1.807, 2.05) is 0 Å². The van der Waals surface area contributed by atoms with Gasteiger partial charge >= 0.3 is 181 Å². The summed E-state index contributed by atoms with van der Waals surface area (Å²) in [5.74, 6) is 0. The van der Waals surface area contributed by atoms with E-state index in [4.69, 9.17) is 4.42 Å². The molecular weight excluding hydrogens is 431 g/mol. The van der Waals surface area contributed by atoms with E-state index in [1.54, 1.807) is 0 Å². The summed E-state index contributed by atoms with van der Waals surface area (Å²) >= 11 is 0.0857. The van der Waals surface area contributed by atoms with E-state index >= 15 is 0 Å². The monoisotopic (exact) mass is 450 g/mol. The van der Waals surface area contributed by atoms with Crippen molar-refractivity contribution in [3.8, 4) is 11.1 Å². The van der Waals surface area contributed by atoms with Gasteiger partial charge in [0.15, 0.2) is 0 Å². The molecule has 0 saturated heterocycles. The summed E-state index contributed by atoms with van der Waals surface area (Å²) in [4.78, 5) is 0. The third-order valence-corrected chi connectivity index (χ3v) is 7.60. The first kappa shape index (κ1) is 17.5. The second-order valence-electron chi connectivity index (χ2n) is 7.40. The minimum atomic E-state index is 0.0857. The van der Waals surface area contributed by atoms with Gasteiger partial charge in [-0.3, -0.25) is 0 Å². The van der Waals surface area contributed by atoms with E-state index in [1.165, 1.54) is 42.5 Å². The van der Waals surface area contributed by atoms with Crippen molar-refractivity contribution >= 4 is 56.6 Å². The van der Waals surface area contributed by atoms with Gasteiger partial charge in [-0.25, -0.2) is 0 Å². The second kappa shape index (κ2) is 7.18. The summed E-state index contributed by atoms with van der Waals surface area (Å²) in [5.41, 5.74) is 3.41. The van der Waals surface area contributed by atoms with Crippen molar-refractivity contribution in [1.29, 1.82) is 0 Å². The summed E-state index contributed by atoms with van der Waals surface area (Å²) in [6.07, 6.45) is 0. The first-order chi connectivity index (χ1) is 14.9. The first-order valence-corrected chi connectivity index (χ1v) is 11.7. The maximum absolute atomic E-state index is 6.51. The van der Waals surface area contributed by atoms with Crippen molar-refractivity contribution in [3.05, 3.63) is 109 Å². The van der Waals surface area contributed by atoms with Crippen LogP contribution in [-0.2, 0) is 0 Å². The summed E-state index contributed by atoms with van der Waals surface area (Å²) in [7, 11) is 0. The number of furan rings is 1. The van der Waals surface area contributed by atoms with Crippen LogP contribution in [0.4, 0.5) is 0 Å². The van der Waals surface area contributed by atoms with Gasteiger partial charge in [-0.05, 0) is 0 Å². The van der Waals surface area contributed by atoms with Gasteiger partial charge in [-0.2, -0.15) is 0 Å². The normalized spacial score (nSPS) is 11.5. The van der Waals surface area contributed by atoms with E-state index in [0.717, 1.165) is 10.2 Å². The van der Waals surface area contributed by atoms with Gasteiger partial charge in [0.1, 0.15) is 0 Å². The van der Waals surface area contributed by atoms with Gasteiger partial charge in [0.05, 0.1) is 0 Å². The van der Waals surface area contributed by atoms with Gasteiger partial charge in [0.2, 0.25) is 0 Å². The van der Waals surface area contributed by atoms with Crippen molar-refractivity contribution in [1.82, 2.24) is 0 Å². The molecule has 0 amide bonds. The fourth-order valence-electron chi connectivity index (χ4n) is 4.12.